The SMILES string of the molecule is OCC[C@@H](O)c1cnccn1. The molecule has 0 unspecified atom stereocenters. The molecule has 1 heterocycles. The monoisotopic (exact) mass is 154 g/mol. The Labute approximate surface area is 64.6 Å². The highest BCUT2D eigenvalue weighted by Gasteiger charge is 2.06. The Balaban J connectivity index is 2.61. The molecule has 4 heteroatoms. The first-order valence-electron chi connectivity index (χ1n) is 3.39. The predicted molar refractivity (Wildman–Crippen MR) is 38.7 cm³/mol. The Morgan fingerprint density at radius 3 is 2.82 bits per heavy atom. The fourth-order valence-corrected chi connectivity index (χ4v) is 0.753. The molecular formula is C7H10N2O2. The van der Waals surface area contributed by atoms with Crippen molar-refractivity contribution in [3.05, 3.63) is 24.3 Å². The van der Waals surface area contributed by atoms with Gasteiger partial charge in [0.25, 0.3) is 0 Å². The van der Waals surface area contributed by atoms with Gasteiger partial charge < -0.3 is 10.2 Å². The van der Waals surface area contributed by atoms with Gasteiger partial charge in [-0.2, -0.15) is 0 Å². The number of hydrogen-bond acceptors (Lipinski definition) is 4. The van der Waals surface area contributed by atoms with Gasteiger partial charge >= 0.3 is 0 Å². The number of aliphatic hydroxyl groups is 2. The maximum absolute atomic E-state index is 9.26. The van der Waals surface area contributed by atoms with Gasteiger partial charge in [0.1, 0.15) is 0 Å². The van der Waals surface area contributed by atoms with Crippen LogP contribution in [0, 0.1) is 0 Å². The van der Waals surface area contributed by atoms with Crippen molar-refractivity contribution in [3.8, 4) is 0 Å². The van der Waals surface area contributed by atoms with Gasteiger partial charge in [-0.25, -0.2) is 0 Å². The topological polar surface area (TPSA) is 66.2 Å². The molecule has 0 aliphatic carbocycles. The highest BCUT2D eigenvalue weighted by molar-refractivity contribution is 4.98. The number of aliphatic hydroxyl groups excluding tert-OH is 2. The molecule has 0 saturated carbocycles. The minimum absolute atomic E-state index is 0.0439. The molecule has 0 spiro atoms. The van der Waals surface area contributed by atoms with Crippen molar-refractivity contribution < 1.29 is 10.2 Å². The molecule has 1 atom stereocenters. The second-order valence-electron chi connectivity index (χ2n) is 2.16. The fraction of sp³-hybridized carbons (Fsp3) is 0.429. The molecular weight excluding hydrogens is 144 g/mol. The third-order valence-corrected chi connectivity index (χ3v) is 1.33. The zero-order chi connectivity index (χ0) is 8.10. The van der Waals surface area contributed by atoms with E-state index in [9.17, 15) is 5.11 Å². The lowest BCUT2D eigenvalue weighted by atomic mass is 10.2. The third kappa shape index (κ3) is 2.25. The van der Waals surface area contributed by atoms with Gasteiger partial charge in [0.05, 0.1) is 18.0 Å². The van der Waals surface area contributed by atoms with Gasteiger partial charge in [-0.3, -0.25) is 9.97 Å². The fourth-order valence-electron chi connectivity index (χ4n) is 0.753. The van der Waals surface area contributed by atoms with Crippen LogP contribution in [0.25, 0.3) is 0 Å². The Kier molecular flexibility index (Phi) is 2.95. The summed E-state index contributed by atoms with van der Waals surface area (Å²) in [5, 5.41) is 17.7. The van der Waals surface area contributed by atoms with Crippen LogP contribution in [0.2, 0.25) is 0 Å². The molecule has 0 aliphatic rings. The van der Waals surface area contributed by atoms with Crippen molar-refractivity contribution in [2.75, 3.05) is 6.61 Å². The largest absolute Gasteiger partial charge is 0.396 e. The molecule has 0 radical (unpaired) electrons. The van der Waals surface area contributed by atoms with Crippen LogP contribution in [0.3, 0.4) is 0 Å². The molecule has 0 fully saturated rings. The van der Waals surface area contributed by atoms with E-state index in [0.717, 1.165) is 0 Å². The van der Waals surface area contributed by atoms with Crippen LogP contribution >= 0.6 is 0 Å². The Hall–Kier alpha value is -1.00. The summed E-state index contributed by atoms with van der Waals surface area (Å²) in [6.07, 6.45) is 4.14. The summed E-state index contributed by atoms with van der Waals surface area (Å²) in [6.45, 7) is -0.0439. The minimum Gasteiger partial charge on any atom is -0.396 e. The highest BCUT2D eigenvalue weighted by Crippen LogP contribution is 2.10. The lowest BCUT2D eigenvalue weighted by Crippen LogP contribution is -2.02. The normalized spacial score (nSPS) is 12.9. The molecule has 0 aromatic carbocycles. The van der Waals surface area contributed by atoms with Crippen LogP contribution in [0.15, 0.2) is 18.6 Å². The first-order chi connectivity index (χ1) is 5.34. The van der Waals surface area contributed by atoms with Crippen molar-refractivity contribution >= 4 is 0 Å². The third-order valence-electron chi connectivity index (χ3n) is 1.33. The quantitative estimate of drug-likeness (QED) is 0.637. The molecule has 0 amide bonds. The van der Waals surface area contributed by atoms with Crippen LogP contribution in [0.5, 0.6) is 0 Å². The van der Waals surface area contributed by atoms with E-state index >= 15 is 0 Å². The van der Waals surface area contributed by atoms with Crippen LogP contribution < -0.4 is 0 Å². The zero-order valence-corrected chi connectivity index (χ0v) is 6.01. The van der Waals surface area contributed by atoms with Crippen molar-refractivity contribution in [1.29, 1.82) is 0 Å². The summed E-state index contributed by atoms with van der Waals surface area (Å²) in [5.41, 5.74) is 0.501. The first-order valence-corrected chi connectivity index (χ1v) is 3.39. The van der Waals surface area contributed by atoms with Gasteiger partial charge in [-0.1, -0.05) is 0 Å². The molecule has 2 N–H and O–H groups in total. The van der Waals surface area contributed by atoms with E-state index in [-0.39, 0.29) is 6.61 Å². The van der Waals surface area contributed by atoms with Gasteiger partial charge in [-0.05, 0) is 0 Å². The smallest absolute Gasteiger partial charge is 0.0997 e. The molecule has 1 rings (SSSR count). The number of aromatic nitrogens is 2. The highest BCUT2D eigenvalue weighted by atomic mass is 16.3. The van der Waals surface area contributed by atoms with Gasteiger partial charge in [0.15, 0.2) is 0 Å². The molecule has 1 aromatic heterocycles. The van der Waals surface area contributed by atoms with E-state index in [4.69, 9.17) is 5.11 Å². The van der Waals surface area contributed by atoms with Crippen molar-refractivity contribution in [2.24, 2.45) is 0 Å². The van der Waals surface area contributed by atoms with Gasteiger partial charge in [0.2, 0.25) is 0 Å². The number of hydrogen-bond donors (Lipinski definition) is 2. The number of nitrogens with zero attached hydrogens (tertiary/aromatic N) is 2. The lowest BCUT2D eigenvalue weighted by molar-refractivity contribution is 0.130. The van der Waals surface area contributed by atoms with Gasteiger partial charge in [0, 0.05) is 25.4 Å². The Morgan fingerprint density at radius 1 is 1.45 bits per heavy atom. The minimum atomic E-state index is -0.700. The second-order valence-corrected chi connectivity index (χ2v) is 2.16. The van der Waals surface area contributed by atoms with E-state index in [1.165, 1.54) is 18.6 Å². The van der Waals surface area contributed by atoms with E-state index < -0.39 is 6.10 Å². The molecule has 0 saturated heterocycles. The van der Waals surface area contributed by atoms with Crippen LogP contribution in [-0.4, -0.2) is 26.8 Å². The van der Waals surface area contributed by atoms with Crippen LogP contribution in [-0.2, 0) is 0 Å². The molecule has 60 valence electrons. The maximum atomic E-state index is 9.26. The number of rotatable bonds is 3. The maximum Gasteiger partial charge on any atom is 0.0997 e. The molecule has 0 aliphatic heterocycles. The van der Waals surface area contributed by atoms with E-state index in [1.807, 2.05) is 0 Å². The Bertz CT molecular complexity index is 203. The average Bonchev–Trinajstić information content (AvgIpc) is 2.07. The van der Waals surface area contributed by atoms with E-state index in [0.29, 0.717) is 12.1 Å². The molecule has 1 aromatic rings. The summed E-state index contributed by atoms with van der Waals surface area (Å²) >= 11 is 0. The van der Waals surface area contributed by atoms with Crippen molar-refractivity contribution in [2.45, 2.75) is 12.5 Å². The lowest BCUT2D eigenvalue weighted by Gasteiger charge is -2.05. The summed E-state index contributed by atoms with van der Waals surface area (Å²) in [5.74, 6) is 0. The summed E-state index contributed by atoms with van der Waals surface area (Å²) in [7, 11) is 0. The predicted octanol–water partition coefficient (Wildman–Crippen LogP) is -0.108. The van der Waals surface area contributed by atoms with Crippen molar-refractivity contribution in [1.82, 2.24) is 9.97 Å². The van der Waals surface area contributed by atoms with E-state index in [2.05, 4.69) is 9.97 Å². The molecule has 4 nitrogen and oxygen atoms in total. The summed E-state index contributed by atoms with van der Waals surface area (Å²) in [6, 6.07) is 0. The Morgan fingerprint density at radius 2 is 2.27 bits per heavy atom. The molecule has 0 bridgehead atoms. The standard InChI is InChI=1S/C7H10N2O2/c10-4-1-7(11)6-5-8-2-3-9-6/h2-3,5,7,10-11H,1,4H2/t7-/m1/s1. The van der Waals surface area contributed by atoms with Crippen LogP contribution in [0.4, 0.5) is 0 Å². The summed E-state index contributed by atoms with van der Waals surface area (Å²) < 4.78 is 0. The van der Waals surface area contributed by atoms with E-state index in [1.54, 1.807) is 0 Å². The first kappa shape index (κ1) is 8.10. The van der Waals surface area contributed by atoms with Gasteiger partial charge in [-0.15, -0.1) is 0 Å². The van der Waals surface area contributed by atoms with Crippen LogP contribution in [0.1, 0.15) is 18.2 Å². The molecule has 11 heavy (non-hydrogen) atoms. The van der Waals surface area contributed by atoms with Crippen molar-refractivity contribution in [3.63, 3.8) is 0 Å². The second kappa shape index (κ2) is 4.00. The average molecular weight is 154 g/mol. The zero-order valence-electron chi connectivity index (χ0n) is 6.01. The summed E-state index contributed by atoms with van der Waals surface area (Å²) in [4.78, 5) is 7.66.